The van der Waals surface area contributed by atoms with Gasteiger partial charge in [0.2, 0.25) is 0 Å². The van der Waals surface area contributed by atoms with Crippen LogP contribution in [0.2, 0.25) is 0 Å². The second-order valence-electron chi connectivity index (χ2n) is 2.90. The molecule has 0 spiro atoms. The first-order chi connectivity index (χ1) is 7.99. The number of carbonyl (C=O) groups is 1. The van der Waals surface area contributed by atoms with Crippen LogP contribution in [0.1, 0.15) is 0 Å². The molecule has 0 radical (unpaired) electrons. The van der Waals surface area contributed by atoms with Crippen molar-refractivity contribution in [2.45, 2.75) is 4.90 Å². The molecule has 0 fully saturated rings. The van der Waals surface area contributed by atoms with Crippen molar-refractivity contribution < 1.29 is 22.7 Å². The minimum atomic E-state index is -3.81. The van der Waals surface area contributed by atoms with E-state index >= 15 is 0 Å². The van der Waals surface area contributed by atoms with E-state index in [-0.39, 0.29) is 4.90 Å². The topological polar surface area (TPSA) is 93.7 Å². The van der Waals surface area contributed by atoms with Gasteiger partial charge in [-0.15, -0.1) is 4.83 Å². The summed E-state index contributed by atoms with van der Waals surface area (Å²) in [6.07, 6.45) is -0.901. The van der Waals surface area contributed by atoms with Gasteiger partial charge in [-0.25, -0.2) is 18.6 Å². The van der Waals surface area contributed by atoms with Crippen LogP contribution in [0.15, 0.2) is 29.2 Å². The largest absolute Gasteiger partial charge is 0.497 e. The Bertz CT molecular complexity index is 483. The molecule has 0 saturated heterocycles. The van der Waals surface area contributed by atoms with E-state index in [1.807, 2.05) is 10.3 Å². The zero-order valence-electron chi connectivity index (χ0n) is 9.26. The SMILES string of the molecule is COC(=O)NNS(=O)(=O)c1ccc(OC)cc1. The van der Waals surface area contributed by atoms with E-state index < -0.39 is 16.1 Å². The van der Waals surface area contributed by atoms with Gasteiger partial charge in [0.1, 0.15) is 5.75 Å². The highest BCUT2D eigenvalue weighted by Crippen LogP contribution is 2.14. The summed E-state index contributed by atoms with van der Waals surface area (Å²) < 4.78 is 32.4. The second kappa shape index (κ2) is 5.51. The molecule has 1 rings (SSSR count). The van der Waals surface area contributed by atoms with Crippen LogP contribution in [0.4, 0.5) is 4.79 Å². The predicted molar refractivity (Wildman–Crippen MR) is 58.9 cm³/mol. The van der Waals surface area contributed by atoms with Crippen LogP contribution in [0.5, 0.6) is 5.75 Å². The van der Waals surface area contributed by atoms with Gasteiger partial charge in [-0.1, -0.05) is 0 Å². The summed E-state index contributed by atoms with van der Waals surface area (Å²) in [7, 11) is -1.21. The Morgan fingerprint density at radius 1 is 1.18 bits per heavy atom. The van der Waals surface area contributed by atoms with Crippen molar-refractivity contribution in [2.24, 2.45) is 0 Å². The summed E-state index contributed by atoms with van der Waals surface area (Å²) in [5.74, 6) is 0.532. The summed E-state index contributed by atoms with van der Waals surface area (Å²) in [5.41, 5.74) is 1.87. The van der Waals surface area contributed by atoms with Crippen LogP contribution in [-0.4, -0.2) is 28.7 Å². The van der Waals surface area contributed by atoms with Gasteiger partial charge in [-0.2, -0.15) is 0 Å². The lowest BCUT2D eigenvalue weighted by atomic mass is 10.3. The Morgan fingerprint density at radius 3 is 2.24 bits per heavy atom. The van der Waals surface area contributed by atoms with E-state index in [1.54, 1.807) is 0 Å². The van der Waals surface area contributed by atoms with Crippen LogP contribution in [0, 0.1) is 0 Å². The fourth-order valence-electron chi connectivity index (χ4n) is 0.974. The highest BCUT2D eigenvalue weighted by molar-refractivity contribution is 7.89. The number of rotatable bonds is 4. The summed E-state index contributed by atoms with van der Waals surface area (Å²) in [6, 6.07) is 5.68. The lowest BCUT2D eigenvalue weighted by Crippen LogP contribution is -2.41. The first kappa shape index (κ1) is 13.3. The monoisotopic (exact) mass is 260 g/mol. The molecule has 1 amide bonds. The zero-order valence-corrected chi connectivity index (χ0v) is 10.1. The number of hydrogen-bond donors (Lipinski definition) is 2. The molecule has 0 aromatic heterocycles. The quantitative estimate of drug-likeness (QED) is 0.756. The first-order valence-electron chi connectivity index (χ1n) is 4.49. The van der Waals surface area contributed by atoms with Crippen molar-refractivity contribution in [3.8, 4) is 5.75 Å². The molecule has 0 aliphatic heterocycles. The van der Waals surface area contributed by atoms with Gasteiger partial charge < -0.3 is 9.47 Å². The number of hydrazine groups is 1. The molecule has 7 nitrogen and oxygen atoms in total. The summed E-state index contributed by atoms with van der Waals surface area (Å²) >= 11 is 0. The Morgan fingerprint density at radius 2 is 1.76 bits per heavy atom. The molecule has 0 bridgehead atoms. The molecule has 17 heavy (non-hydrogen) atoms. The van der Waals surface area contributed by atoms with Crippen LogP contribution in [0.25, 0.3) is 0 Å². The molecule has 2 N–H and O–H groups in total. The predicted octanol–water partition coefficient (Wildman–Crippen LogP) is 0.244. The molecule has 0 heterocycles. The molecule has 0 atom stereocenters. The maximum atomic E-state index is 11.6. The van der Waals surface area contributed by atoms with E-state index in [1.165, 1.54) is 31.4 Å². The number of ether oxygens (including phenoxy) is 2. The van der Waals surface area contributed by atoms with Gasteiger partial charge in [-0.05, 0) is 24.3 Å². The van der Waals surface area contributed by atoms with Crippen molar-refractivity contribution in [1.29, 1.82) is 0 Å². The maximum Gasteiger partial charge on any atom is 0.422 e. The van der Waals surface area contributed by atoms with Gasteiger partial charge in [0.25, 0.3) is 10.0 Å². The van der Waals surface area contributed by atoms with Gasteiger partial charge in [0, 0.05) is 0 Å². The Balaban J connectivity index is 2.78. The van der Waals surface area contributed by atoms with Gasteiger partial charge in [-0.3, -0.25) is 0 Å². The first-order valence-corrected chi connectivity index (χ1v) is 5.97. The van der Waals surface area contributed by atoms with Crippen molar-refractivity contribution >= 4 is 16.1 Å². The van der Waals surface area contributed by atoms with Crippen LogP contribution < -0.4 is 15.0 Å². The summed E-state index contributed by atoms with van der Waals surface area (Å²) in [5, 5.41) is 0. The molecule has 0 unspecified atom stereocenters. The Hall–Kier alpha value is -1.80. The molecule has 0 aliphatic rings. The highest BCUT2D eigenvalue weighted by Gasteiger charge is 2.14. The van der Waals surface area contributed by atoms with Gasteiger partial charge >= 0.3 is 6.09 Å². The minimum absolute atomic E-state index is 0.00490. The molecule has 1 aromatic rings. The third kappa shape index (κ3) is 3.61. The molecular weight excluding hydrogens is 248 g/mol. The van der Waals surface area contributed by atoms with Crippen molar-refractivity contribution in [3.05, 3.63) is 24.3 Å². The van der Waals surface area contributed by atoms with E-state index in [4.69, 9.17) is 4.74 Å². The lowest BCUT2D eigenvalue weighted by molar-refractivity contribution is 0.169. The third-order valence-electron chi connectivity index (χ3n) is 1.84. The van der Waals surface area contributed by atoms with Crippen LogP contribution in [-0.2, 0) is 14.8 Å². The van der Waals surface area contributed by atoms with Crippen LogP contribution >= 0.6 is 0 Å². The molecule has 0 aliphatic carbocycles. The number of nitrogens with one attached hydrogen (secondary N) is 2. The number of amides is 1. The Labute approximate surface area is 98.7 Å². The standard InChI is InChI=1S/C9H12N2O5S/c1-15-7-3-5-8(6-4-7)17(13,14)11-10-9(12)16-2/h3-6,11H,1-2H3,(H,10,12). The molecule has 1 aromatic carbocycles. The highest BCUT2D eigenvalue weighted by atomic mass is 32.2. The fourth-order valence-corrected chi connectivity index (χ4v) is 1.80. The van der Waals surface area contributed by atoms with Crippen molar-refractivity contribution in [1.82, 2.24) is 10.3 Å². The van der Waals surface area contributed by atoms with Gasteiger partial charge in [0.05, 0.1) is 19.1 Å². The smallest absolute Gasteiger partial charge is 0.422 e. The molecule has 8 heteroatoms. The molecule has 94 valence electrons. The van der Waals surface area contributed by atoms with Crippen LogP contribution in [0.3, 0.4) is 0 Å². The zero-order chi connectivity index (χ0) is 12.9. The number of sulfonamides is 1. The normalized spacial score (nSPS) is 10.7. The third-order valence-corrected chi connectivity index (χ3v) is 3.11. The summed E-state index contributed by atoms with van der Waals surface area (Å²) in [6.45, 7) is 0. The van der Waals surface area contributed by atoms with E-state index in [0.717, 1.165) is 7.11 Å². The number of carbonyl (C=O) groups excluding carboxylic acids is 1. The molecular formula is C9H12N2O5S. The Kier molecular flexibility index (Phi) is 4.30. The average Bonchev–Trinajstić information content (AvgIpc) is 2.36. The van der Waals surface area contributed by atoms with Crippen molar-refractivity contribution in [3.63, 3.8) is 0 Å². The number of hydrogen-bond acceptors (Lipinski definition) is 5. The van der Waals surface area contributed by atoms with Crippen molar-refractivity contribution in [2.75, 3.05) is 14.2 Å². The van der Waals surface area contributed by atoms with E-state index in [0.29, 0.717) is 5.75 Å². The van der Waals surface area contributed by atoms with Gasteiger partial charge in [0.15, 0.2) is 0 Å². The number of benzene rings is 1. The van der Waals surface area contributed by atoms with E-state index in [9.17, 15) is 13.2 Å². The fraction of sp³-hybridized carbons (Fsp3) is 0.222. The minimum Gasteiger partial charge on any atom is -0.497 e. The number of methoxy groups -OCH3 is 2. The second-order valence-corrected chi connectivity index (χ2v) is 4.58. The summed E-state index contributed by atoms with van der Waals surface area (Å²) in [4.78, 5) is 12.6. The van der Waals surface area contributed by atoms with E-state index in [2.05, 4.69) is 4.74 Å². The maximum absolute atomic E-state index is 11.6. The molecule has 0 saturated carbocycles. The average molecular weight is 260 g/mol. The lowest BCUT2D eigenvalue weighted by Gasteiger charge is -2.07.